The van der Waals surface area contributed by atoms with Crippen LogP contribution in [0, 0.1) is 11.3 Å². The molecule has 0 bridgehead atoms. The van der Waals surface area contributed by atoms with E-state index in [-0.39, 0.29) is 47.6 Å². The Kier molecular flexibility index (Phi) is 3.57. The Bertz CT molecular complexity index is 899. The summed E-state index contributed by atoms with van der Waals surface area (Å²) in [5.74, 6) is 1.46. The zero-order chi connectivity index (χ0) is 20.3. The zero-order valence-electron chi connectivity index (χ0n) is 18.0. The Morgan fingerprint density at radius 1 is 1.24 bits per heavy atom. The van der Waals surface area contributed by atoms with Gasteiger partial charge in [0, 0.05) is 0 Å². The second kappa shape index (κ2) is 5.56. The van der Waals surface area contributed by atoms with Crippen LogP contribution in [0.1, 0.15) is 70.3 Å². The van der Waals surface area contributed by atoms with Gasteiger partial charge < -0.3 is 23.7 Å². The van der Waals surface area contributed by atoms with Crippen LogP contribution in [-0.4, -0.2) is 40.7 Å². The van der Waals surface area contributed by atoms with Crippen molar-refractivity contribution in [3.63, 3.8) is 0 Å². The molecule has 5 nitrogen and oxygen atoms in total. The normalized spacial score (nSPS) is 46.4. The topological polar surface area (TPSA) is 67.7 Å². The van der Waals surface area contributed by atoms with Crippen LogP contribution < -0.4 is 0 Å². The van der Waals surface area contributed by atoms with E-state index in [1.807, 2.05) is 6.26 Å². The number of hydrogen-bond acceptors (Lipinski definition) is 5. The molecule has 1 N–H and O–H groups in total. The second-order valence-corrected chi connectivity index (χ2v) is 10.5. The molecule has 3 fully saturated rings. The van der Waals surface area contributed by atoms with Crippen molar-refractivity contribution in [1.29, 1.82) is 0 Å². The molecule has 2 aliphatic heterocycles. The summed E-state index contributed by atoms with van der Waals surface area (Å²) in [6.07, 6.45) is 7.58. The Balaban J connectivity index is 1.47. The summed E-state index contributed by atoms with van der Waals surface area (Å²) in [6, 6.07) is 0. The number of aliphatic hydroxyl groups excluding tert-OH is 1. The average molecular weight is 401 g/mol. The van der Waals surface area contributed by atoms with E-state index in [0.717, 1.165) is 25.0 Å². The molecule has 2 saturated heterocycles. The minimum atomic E-state index is -0.339. The summed E-state index contributed by atoms with van der Waals surface area (Å²) in [6.45, 7) is 11.1. The zero-order valence-corrected chi connectivity index (χ0v) is 18.0. The van der Waals surface area contributed by atoms with Gasteiger partial charge in [0.05, 0.1) is 18.5 Å². The summed E-state index contributed by atoms with van der Waals surface area (Å²) >= 11 is 0. The monoisotopic (exact) mass is 400 g/mol. The van der Waals surface area contributed by atoms with Crippen molar-refractivity contribution in [1.82, 2.24) is 0 Å². The average Bonchev–Trinajstić information content (AvgIpc) is 3.53. The minimum absolute atomic E-state index is 0.00424. The number of furan rings is 1. The van der Waals surface area contributed by atoms with Crippen LogP contribution in [-0.2, 0) is 27.2 Å². The van der Waals surface area contributed by atoms with Crippen molar-refractivity contribution in [2.45, 2.75) is 102 Å². The van der Waals surface area contributed by atoms with Crippen LogP contribution in [0.15, 0.2) is 22.3 Å². The molecule has 7 atom stereocenters. The van der Waals surface area contributed by atoms with Crippen molar-refractivity contribution >= 4 is 0 Å². The maximum absolute atomic E-state index is 9.67. The third kappa shape index (κ3) is 2.06. The molecule has 5 aliphatic rings. The van der Waals surface area contributed by atoms with Crippen molar-refractivity contribution < 1.29 is 23.7 Å². The molecule has 29 heavy (non-hydrogen) atoms. The molecule has 158 valence electrons. The van der Waals surface area contributed by atoms with Crippen LogP contribution in [0.3, 0.4) is 0 Å². The molecule has 5 heteroatoms. The van der Waals surface area contributed by atoms with Crippen LogP contribution in [0.4, 0.5) is 0 Å². The van der Waals surface area contributed by atoms with Crippen molar-refractivity contribution in [2.75, 3.05) is 0 Å². The summed E-state index contributed by atoms with van der Waals surface area (Å²) in [5.41, 5.74) is 3.29. The smallest absolute Gasteiger partial charge is 0.145 e. The maximum Gasteiger partial charge on any atom is 0.145 e. The van der Waals surface area contributed by atoms with Crippen molar-refractivity contribution in [3.8, 4) is 0 Å². The molecule has 0 aromatic carbocycles. The fraction of sp³-hybridized carbons (Fsp3) is 0.750. The third-order valence-electron chi connectivity index (χ3n) is 8.59. The van der Waals surface area contributed by atoms with Gasteiger partial charge in [0.1, 0.15) is 35.8 Å². The Morgan fingerprint density at radius 3 is 2.72 bits per heavy atom. The van der Waals surface area contributed by atoms with Crippen LogP contribution in [0.25, 0.3) is 0 Å². The fourth-order valence-corrected chi connectivity index (χ4v) is 7.07. The van der Waals surface area contributed by atoms with E-state index >= 15 is 0 Å². The number of epoxide rings is 2. The summed E-state index contributed by atoms with van der Waals surface area (Å²) in [5, 5.41) is 9.67. The third-order valence-corrected chi connectivity index (χ3v) is 8.59. The Labute approximate surface area is 172 Å². The molecular weight excluding hydrogens is 368 g/mol. The summed E-state index contributed by atoms with van der Waals surface area (Å²) in [7, 11) is 0. The highest BCUT2D eigenvalue weighted by Crippen LogP contribution is 2.73. The highest BCUT2D eigenvalue weighted by molar-refractivity contribution is 5.53. The standard InChI is InChI=1S/C24H32O5/c1-12(2)23-20(28-23)9-18-22(5)7-6-14-15(11-26-17(14)10-25)16(22)8-19-24(18,29-19)21(23)27-13(3)4/h9,11-13,16,19-21,25H,6-8,10H2,1-5H3. The lowest BCUT2D eigenvalue weighted by molar-refractivity contribution is -0.0903. The van der Waals surface area contributed by atoms with E-state index < -0.39 is 0 Å². The van der Waals surface area contributed by atoms with E-state index in [4.69, 9.17) is 18.6 Å². The molecule has 1 aromatic rings. The molecule has 0 radical (unpaired) electrons. The fourth-order valence-electron chi connectivity index (χ4n) is 7.07. The van der Waals surface area contributed by atoms with E-state index in [0.29, 0.717) is 11.8 Å². The summed E-state index contributed by atoms with van der Waals surface area (Å²) in [4.78, 5) is 0. The lowest BCUT2D eigenvalue weighted by Crippen LogP contribution is -2.59. The van der Waals surface area contributed by atoms with Gasteiger partial charge in [-0.05, 0) is 67.1 Å². The molecule has 3 heterocycles. The predicted molar refractivity (Wildman–Crippen MR) is 107 cm³/mol. The van der Waals surface area contributed by atoms with Gasteiger partial charge in [-0.1, -0.05) is 26.8 Å². The highest BCUT2D eigenvalue weighted by Gasteiger charge is 2.82. The molecule has 1 saturated carbocycles. The first-order valence-electron chi connectivity index (χ1n) is 11.2. The van der Waals surface area contributed by atoms with Crippen LogP contribution in [0.2, 0.25) is 0 Å². The first-order valence-corrected chi connectivity index (χ1v) is 11.2. The summed E-state index contributed by atoms with van der Waals surface area (Å²) < 4.78 is 25.3. The van der Waals surface area contributed by atoms with Gasteiger partial charge in [-0.2, -0.15) is 0 Å². The van der Waals surface area contributed by atoms with Gasteiger partial charge in [0.15, 0.2) is 0 Å². The van der Waals surface area contributed by atoms with Gasteiger partial charge in [-0.25, -0.2) is 0 Å². The molecular formula is C24H32O5. The SMILES string of the molecule is CC(C)OC1C23OC2CC2c4coc(CO)c4CCC2(C)C3=CC2OC21C(C)C. The van der Waals surface area contributed by atoms with Crippen LogP contribution in [0.5, 0.6) is 0 Å². The van der Waals surface area contributed by atoms with Gasteiger partial charge in [-0.15, -0.1) is 0 Å². The van der Waals surface area contributed by atoms with Gasteiger partial charge in [0.2, 0.25) is 0 Å². The lowest BCUT2D eigenvalue weighted by atomic mass is 9.51. The van der Waals surface area contributed by atoms with Gasteiger partial charge in [0.25, 0.3) is 0 Å². The van der Waals surface area contributed by atoms with Crippen molar-refractivity contribution in [2.24, 2.45) is 11.3 Å². The van der Waals surface area contributed by atoms with E-state index in [2.05, 4.69) is 40.7 Å². The number of fused-ring (bicyclic) bond motifs is 5. The molecule has 0 amide bonds. The van der Waals surface area contributed by atoms with E-state index in [9.17, 15) is 5.11 Å². The van der Waals surface area contributed by atoms with Gasteiger partial charge >= 0.3 is 0 Å². The van der Waals surface area contributed by atoms with E-state index in [1.54, 1.807) is 0 Å². The number of aliphatic hydroxyl groups is 1. The maximum atomic E-state index is 9.67. The van der Waals surface area contributed by atoms with Gasteiger partial charge in [-0.3, -0.25) is 0 Å². The molecule has 1 aromatic heterocycles. The number of hydrogen-bond donors (Lipinski definition) is 1. The molecule has 6 rings (SSSR count). The first kappa shape index (κ1) is 18.6. The minimum Gasteiger partial charge on any atom is -0.466 e. The Hall–Kier alpha value is -1.14. The molecule has 3 aliphatic carbocycles. The predicted octanol–water partition coefficient (Wildman–Crippen LogP) is 3.88. The van der Waals surface area contributed by atoms with E-state index in [1.165, 1.54) is 16.7 Å². The molecule has 7 unspecified atom stereocenters. The second-order valence-electron chi connectivity index (χ2n) is 10.5. The first-order chi connectivity index (χ1) is 13.8. The Morgan fingerprint density at radius 2 is 2.03 bits per heavy atom. The van der Waals surface area contributed by atoms with Crippen LogP contribution >= 0.6 is 0 Å². The quantitative estimate of drug-likeness (QED) is 0.614. The largest absolute Gasteiger partial charge is 0.466 e. The number of rotatable bonds is 4. The lowest BCUT2D eigenvalue weighted by Gasteiger charge is -2.51. The number of ether oxygens (including phenoxy) is 3. The van der Waals surface area contributed by atoms with Crippen molar-refractivity contribution in [3.05, 3.63) is 34.8 Å². The highest BCUT2D eigenvalue weighted by atomic mass is 16.7. The molecule has 1 spiro atoms.